The molecule has 0 saturated carbocycles. The molecule has 2 aliphatic heterocycles. The fourth-order valence-corrected chi connectivity index (χ4v) is 4.67. The van der Waals surface area contributed by atoms with Crippen LogP contribution in [-0.2, 0) is 9.59 Å². The van der Waals surface area contributed by atoms with Crippen molar-refractivity contribution in [3.63, 3.8) is 0 Å². The third kappa shape index (κ3) is 3.83. The van der Waals surface area contributed by atoms with Crippen LogP contribution in [0.15, 0.2) is 23.1 Å². The lowest BCUT2D eigenvalue weighted by atomic mass is 9.91. The molecule has 0 aliphatic carbocycles. The molecule has 0 radical (unpaired) electrons. The molecule has 1 fully saturated rings. The summed E-state index contributed by atoms with van der Waals surface area (Å²) in [4.78, 5) is 27.7. The maximum atomic E-state index is 12.6. The SMILES string of the molecule is C[C@@H]1C[C@@H](C)CN(C(=O)C[C@@H]2Sc3ccc(Cl)cc3NC2=O)C1. The normalized spacial score (nSPS) is 27.3. The van der Waals surface area contributed by atoms with Crippen molar-refractivity contribution >= 4 is 40.9 Å². The monoisotopic (exact) mass is 352 g/mol. The van der Waals surface area contributed by atoms with E-state index in [4.69, 9.17) is 11.6 Å². The Morgan fingerprint density at radius 1 is 1.35 bits per heavy atom. The number of halogens is 1. The van der Waals surface area contributed by atoms with Crippen molar-refractivity contribution in [2.45, 2.75) is 36.8 Å². The number of benzene rings is 1. The Morgan fingerprint density at radius 2 is 2.04 bits per heavy atom. The predicted molar refractivity (Wildman–Crippen MR) is 93.9 cm³/mol. The third-order valence-corrected chi connectivity index (χ3v) is 5.85. The molecule has 1 N–H and O–H groups in total. The van der Waals surface area contributed by atoms with Gasteiger partial charge in [-0.05, 0) is 36.5 Å². The highest BCUT2D eigenvalue weighted by atomic mass is 35.5. The number of anilines is 1. The minimum atomic E-state index is -0.372. The molecule has 1 aromatic carbocycles. The van der Waals surface area contributed by atoms with Crippen LogP contribution in [0.3, 0.4) is 0 Å². The second-order valence-electron chi connectivity index (χ2n) is 6.69. The van der Waals surface area contributed by atoms with Crippen molar-refractivity contribution in [3.05, 3.63) is 23.2 Å². The van der Waals surface area contributed by atoms with E-state index in [9.17, 15) is 9.59 Å². The summed E-state index contributed by atoms with van der Waals surface area (Å²) in [6, 6.07) is 5.44. The molecule has 1 aromatic rings. The molecule has 124 valence electrons. The zero-order chi connectivity index (χ0) is 16.6. The lowest BCUT2D eigenvalue weighted by Gasteiger charge is -2.36. The zero-order valence-corrected chi connectivity index (χ0v) is 14.9. The van der Waals surface area contributed by atoms with E-state index >= 15 is 0 Å². The molecular weight excluding hydrogens is 332 g/mol. The van der Waals surface area contributed by atoms with E-state index in [1.807, 2.05) is 11.0 Å². The number of rotatable bonds is 2. The van der Waals surface area contributed by atoms with Crippen molar-refractivity contribution in [1.29, 1.82) is 0 Å². The van der Waals surface area contributed by atoms with Gasteiger partial charge in [-0.3, -0.25) is 9.59 Å². The second kappa shape index (κ2) is 6.73. The number of fused-ring (bicyclic) bond motifs is 1. The number of nitrogens with zero attached hydrogens (tertiary/aromatic N) is 1. The number of carbonyl (C=O) groups is 2. The van der Waals surface area contributed by atoms with E-state index in [0.29, 0.717) is 16.9 Å². The summed E-state index contributed by atoms with van der Waals surface area (Å²) in [5.41, 5.74) is 0.733. The summed E-state index contributed by atoms with van der Waals surface area (Å²) >= 11 is 7.40. The fraction of sp³-hybridized carbons (Fsp3) is 0.529. The Bertz CT molecular complexity index is 627. The van der Waals surface area contributed by atoms with E-state index < -0.39 is 0 Å². The number of hydrogen-bond donors (Lipinski definition) is 1. The highest BCUT2D eigenvalue weighted by Crippen LogP contribution is 2.38. The van der Waals surface area contributed by atoms with Gasteiger partial charge in [0.05, 0.1) is 10.9 Å². The van der Waals surface area contributed by atoms with Gasteiger partial charge in [0.1, 0.15) is 0 Å². The van der Waals surface area contributed by atoms with Crippen LogP contribution < -0.4 is 5.32 Å². The van der Waals surface area contributed by atoms with Gasteiger partial charge in [0.15, 0.2) is 0 Å². The predicted octanol–water partition coefficient (Wildman–Crippen LogP) is 3.65. The molecule has 4 nitrogen and oxygen atoms in total. The summed E-state index contributed by atoms with van der Waals surface area (Å²) in [5, 5.41) is 3.08. The van der Waals surface area contributed by atoms with Gasteiger partial charge in [-0.15, -0.1) is 11.8 Å². The van der Waals surface area contributed by atoms with E-state index in [2.05, 4.69) is 19.2 Å². The quantitative estimate of drug-likeness (QED) is 0.883. The molecule has 2 heterocycles. The summed E-state index contributed by atoms with van der Waals surface area (Å²) in [7, 11) is 0. The van der Waals surface area contributed by atoms with Crippen LogP contribution in [0.4, 0.5) is 5.69 Å². The average Bonchev–Trinajstić information content (AvgIpc) is 2.47. The Morgan fingerprint density at radius 3 is 2.74 bits per heavy atom. The molecule has 0 unspecified atom stereocenters. The van der Waals surface area contributed by atoms with Gasteiger partial charge in [0.25, 0.3) is 0 Å². The summed E-state index contributed by atoms with van der Waals surface area (Å²) in [5.74, 6) is 1.02. The maximum absolute atomic E-state index is 12.6. The van der Waals surface area contributed by atoms with Crippen molar-refractivity contribution in [1.82, 2.24) is 4.90 Å². The van der Waals surface area contributed by atoms with Crippen LogP contribution >= 0.6 is 23.4 Å². The Balaban J connectivity index is 1.67. The first-order valence-corrected chi connectivity index (χ1v) is 9.23. The van der Waals surface area contributed by atoms with Gasteiger partial charge in [-0.2, -0.15) is 0 Å². The molecule has 0 aromatic heterocycles. The van der Waals surface area contributed by atoms with Gasteiger partial charge >= 0.3 is 0 Å². The molecule has 6 heteroatoms. The van der Waals surface area contributed by atoms with Crippen molar-refractivity contribution in [3.8, 4) is 0 Å². The number of nitrogens with one attached hydrogen (secondary N) is 1. The maximum Gasteiger partial charge on any atom is 0.238 e. The van der Waals surface area contributed by atoms with Gasteiger partial charge in [-0.25, -0.2) is 0 Å². The first-order chi connectivity index (χ1) is 10.9. The van der Waals surface area contributed by atoms with Crippen LogP contribution in [0.25, 0.3) is 0 Å². The molecule has 1 saturated heterocycles. The van der Waals surface area contributed by atoms with E-state index in [1.54, 1.807) is 12.1 Å². The van der Waals surface area contributed by atoms with Crippen LogP contribution in [-0.4, -0.2) is 35.1 Å². The Hall–Kier alpha value is -1.20. The van der Waals surface area contributed by atoms with Crippen molar-refractivity contribution in [2.24, 2.45) is 11.8 Å². The van der Waals surface area contributed by atoms with Crippen molar-refractivity contribution in [2.75, 3.05) is 18.4 Å². The lowest BCUT2D eigenvalue weighted by molar-refractivity contribution is -0.135. The second-order valence-corrected chi connectivity index (χ2v) is 8.37. The van der Waals surface area contributed by atoms with Gasteiger partial charge in [0.2, 0.25) is 11.8 Å². The standard InChI is InChI=1S/C17H21ClN2O2S/c1-10-5-11(2)9-20(8-10)16(21)7-15-17(22)19-13-6-12(18)3-4-14(13)23-15/h3-4,6,10-11,15H,5,7-9H2,1-2H3,(H,19,22)/t10-,11-,15+/m1/s1. The molecule has 23 heavy (non-hydrogen) atoms. The number of thioether (sulfide) groups is 1. The summed E-state index contributed by atoms with van der Waals surface area (Å²) < 4.78 is 0. The average molecular weight is 353 g/mol. The minimum absolute atomic E-state index is 0.0773. The summed E-state index contributed by atoms with van der Waals surface area (Å²) in [6.45, 7) is 5.96. The summed E-state index contributed by atoms with van der Waals surface area (Å²) in [6.07, 6.45) is 1.41. The molecule has 3 rings (SSSR count). The van der Waals surface area contributed by atoms with Gasteiger partial charge < -0.3 is 10.2 Å². The Kier molecular flexibility index (Phi) is 4.87. The van der Waals surface area contributed by atoms with Crippen LogP contribution in [0, 0.1) is 11.8 Å². The van der Waals surface area contributed by atoms with E-state index in [1.165, 1.54) is 11.8 Å². The molecule has 3 atom stereocenters. The number of amides is 2. The smallest absolute Gasteiger partial charge is 0.238 e. The highest BCUT2D eigenvalue weighted by molar-refractivity contribution is 8.01. The van der Waals surface area contributed by atoms with Gasteiger partial charge in [0, 0.05) is 29.4 Å². The third-order valence-electron chi connectivity index (χ3n) is 4.34. The number of carbonyl (C=O) groups excluding carboxylic acids is 2. The van der Waals surface area contributed by atoms with Gasteiger partial charge in [-0.1, -0.05) is 25.4 Å². The number of piperidine rings is 1. The lowest BCUT2D eigenvalue weighted by Crippen LogP contribution is -2.44. The van der Waals surface area contributed by atoms with E-state index in [-0.39, 0.29) is 23.5 Å². The first-order valence-electron chi connectivity index (χ1n) is 7.97. The Labute approximate surface area is 145 Å². The van der Waals surface area contributed by atoms with Crippen LogP contribution in [0.2, 0.25) is 5.02 Å². The first kappa shape index (κ1) is 16.7. The largest absolute Gasteiger partial charge is 0.342 e. The van der Waals surface area contributed by atoms with Crippen LogP contribution in [0.1, 0.15) is 26.7 Å². The van der Waals surface area contributed by atoms with Crippen LogP contribution in [0.5, 0.6) is 0 Å². The number of likely N-dealkylation sites (tertiary alicyclic amines) is 1. The number of hydrogen-bond acceptors (Lipinski definition) is 3. The molecule has 0 spiro atoms. The molecule has 0 bridgehead atoms. The topological polar surface area (TPSA) is 49.4 Å². The minimum Gasteiger partial charge on any atom is -0.342 e. The van der Waals surface area contributed by atoms with E-state index in [0.717, 1.165) is 30.1 Å². The molecule has 2 aliphatic rings. The highest BCUT2D eigenvalue weighted by Gasteiger charge is 2.32. The zero-order valence-electron chi connectivity index (χ0n) is 13.3. The molecular formula is C17H21ClN2O2S. The van der Waals surface area contributed by atoms with Crippen molar-refractivity contribution < 1.29 is 9.59 Å². The fourth-order valence-electron chi connectivity index (χ4n) is 3.41. The molecule has 2 amide bonds.